The van der Waals surface area contributed by atoms with Crippen molar-refractivity contribution in [3.05, 3.63) is 70.2 Å². The van der Waals surface area contributed by atoms with Gasteiger partial charge < -0.3 is 24.0 Å². The molecular weight excluding hydrogens is 577 g/mol. The molecule has 1 aliphatic rings. The second kappa shape index (κ2) is 12.4. The first-order chi connectivity index (χ1) is 19.1. The molecule has 12 heteroatoms. The van der Waals surface area contributed by atoms with Crippen LogP contribution in [0.1, 0.15) is 5.56 Å². The maximum atomic E-state index is 14.0. The van der Waals surface area contributed by atoms with Crippen molar-refractivity contribution in [2.45, 2.75) is 11.8 Å². The summed E-state index contributed by atoms with van der Waals surface area (Å²) in [6.07, 6.45) is 0. The molecule has 0 unspecified atom stereocenters. The van der Waals surface area contributed by atoms with Crippen molar-refractivity contribution in [1.29, 1.82) is 0 Å². The maximum absolute atomic E-state index is 14.0. The van der Waals surface area contributed by atoms with Crippen LogP contribution in [0.15, 0.2) is 59.5 Å². The minimum Gasteiger partial charge on any atom is -0.495 e. The second-order valence-corrected chi connectivity index (χ2v) is 11.9. The molecule has 0 aliphatic carbocycles. The molecule has 0 N–H and O–H groups in total. The van der Waals surface area contributed by atoms with Crippen LogP contribution in [-0.4, -0.2) is 73.3 Å². The van der Waals surface area contributed by atoms with Gasteiger partial charge in [-0.05, 0) is 55.0 Å². The average molecular weight is 609 g/mol. The second-order valence-electron chi connectivity index (χ2n) is 9.14. The molecule has 0 aromatic heterocycles. The highest BCUT2D eigenvalue weighted by Crippen LogP contribution is 2.37. The van der Waals surface area contributed by atoms with E-state index in [4.69, 9.17) is 37.4 Å². The van der Waals surface area contributed by atoms with Crippen LogP contribution in [0.3, 0.4) is 0 Å². The lowest BCUT2D eigenvalue weighted by Gasteiger charge is -2.38. The number of sulfonamides is 1. The first kappa shape index (κ1) is 29.6. The Morgan fingerprint density at radius 3 is 2.08 bits per heavy atom. The summed E-state index contributed by atoms with van der Waals surface area (Å²) in [5.74, 6) is 0.508. The molecule has 3 aromatic rings. The maximum Gasteiger partial charge on any atom is 0.265 e. The molecule has 0 saturated carbocycles. The van der Waals surface area contributed by atoms with Gasteiger partial charge in [-0.1, -0.05) is 29.3 Å². The highest BCUT2D eigenvalue weighted by molar-refractivity contribution is 7.92. The zero-order chi connectivity index (χ0) is 29.0. The Kier molecular flexibility index (Phi) is 9.22. The van der Waals surface area contributed by atoms with E-state index in [1.807, 2.05) is 25.1 Å². The zero-order valence-corrected chi connectivity index (χ0v) is 25.0. The number of piperazine rings is 1. The number of nitrogens with zero attached hydrogens (tertiary/aromatic N) is 3. The van der Waals surface area contributed by atoms with Crippen LogP contribution in [0, 0.1) is 6.92 Å². The molecule has 4 rings (SSSR count). The number of halogens is 2. The lowest BCUT2D eigenvalue weighted by molar-refractivity contribution is -0.129. The van der Waals surface area contributed by atoms with Crippen LogP contribution < -0.4 is 23.4 Å². The molecule has 1 aliphatic heterocycles. The molecule has 3 aromatic carbocycles. The number of ether oxygens (including phenoxy) is 3. The molecule has 214 valence electrons. The average Bonchev–Trinajstić information content (AvgIpc) is 2.96. The Morgan fingerprint density at radius 1 is 0.825 bits per heavy atom. The van der Waals surface area contributed by atoms with Crippen LogP contribution in [-0.2, 0) is 14.8 Å². The van der Waals surface area contributed by atoms with Crippen LogP contribution in [0.2, 0.25) is 10.0 Å². The molecule has 0 atom stereocenters. The Balaban J connectivity index is 1.64. The predicted molar refractivity (Wildman–Crippen MR) is 157 cm³/mol. The van der Waals surface area contributed by atoms with Crippen molar-refractivity contribution in [3.63, 3.8) is 0 Å². The van der Waals surface area contributed by atoms with E-state index in [0.29, 0.717) is 42.0 Å². The van der Waals surface area contributed by atoms with Crippen molar-refractivity contribution in [2.75, 3.05) is 63.3 Å². The molecule has 0 radical (unpaired) electrons. The summed E-state index contributed by atoms with van der Waals surface area (Å²) in [5, 5.41) is 0.937. The molecule has 1 heterocycles. The van der Waals surface area contributed by atoms with E-state index in [2.05, 4.69) is 4.90 Å². The van der Waals surface area contributed by atoms with Gasteiger partial charge in [0.1, 0.15) is 12.3 Å². The van der Waals surface area contributed by atoms with Gasteiger partial charge in [-0.15, -0.1) is 0 Å². The van der Waals surface area contributed by atoms with Gasteiger partial charge in [0.15, 0.2) is 11.5 Å². The predicted octanol–water partition coefficient (Wildman–Crippen LogP) is 4.87. The summed E-state index contributed by atoms with van der Waals surface area (Å²) in [4.78, 5) is 17.3. The topological polar surface area (TPSA) is 88.6 Å². The summed E-state index contributed by atoms with van der Waals surface area (Å²) in [7, 11) is 0.0274. The molecular formula is C28H31Cl2N3O6S. The zero-order valence-electron chi connectivity index (χ0n) is 22.7. The molecule has 0 spiro atoms. The quantitative estimate of drug-likeness (QED) is 0.343. The summed E-state index contributed by atoms with van der Waals surface area (Å²) < 4.78 is 45.1. The third-order valence-electron chi connectivity index (χ3n) is 6.78. The third kappa shape index (κ3) is 6.19. The van der Waals surface area contributed by atoms with Gasteiger partial charge in [0, 0.05) is 48.0 Å². The minimum atomic E-state index is -4.27. The molecule has 1 fully saturated rings. The number of rotatable bonds is 9. The third-order valence-corrected chi connectivity index (χ3v) is 9.00. The molecule has 40 heavy (non-hydrogen) atoms. The summed E-state index contributed by atoms with van der Waals surface area (Å²) in [6, 6.07) is 14.6. The SMILES string of the molecule is COc1ccc(S(=O)(=O)N(CC(=O)N2CCN(c3cc(Cl)ccc3C)CC2)c2cc(Cl)ccc2OC)cc1OC. The van der Waals surface area contributed by atoms with Crippen LogP contribution in [0.25, 0.3) is 0 Å². The Hall–Kier alpha value is -3.34. The van der Waals surface area contributed by atoms with Crippen LogP contribution in [0.5, 0.6) is 17.2 Å². The van der Waals surface area contributed by atoms with E-state index in [0.717, 1.165) is 15.6 Å². The summed E-state index contributed by atoms with van der Waals surface area (Å²) >= 11 is 12.5. The number of amides is 1. The minimum absolute atomic E-state index is 0.0822. The van der Waals surface area contributed by atoms with Crippen molar-refractivity contribution in [2.24, 2.45) is 0 Å². The van der Waals surface area contributed by atoms with Gasteiger partial charge >= 0.3 is 0 Å². The Morgan fingerprint density at radius 2 is 1.43 bits per heavy atom. The van der Waals surface area contributed by atoms with Crippen LogP contribution in [0.4, 0.5) is 11.4 Å². The highest BCUT2D eigenvalue weighted by Gasteiger charge is 2.33. The first-order valence-electron chi connectivity index (χ1n) is 12.5. The number of hydrogen-bond donors (Lipinski definition) is 0. The van der Waals surface area contributed by atoms with E-state index in [9.17, 15) is 13.2 Å². The molecule has 9 nitrogen and oxygen atoms in total. The first-order valence-corrected chi connectivity index (χ1v) is 14.7. The Bertz CT molecular complexity index is 1490. The van der Waals surface area contributed by atoms with E-state index in [-0.39, 0.29) is 28.0 Å². The lowest BCUT2D eigenvalue weighted by Crippen LogP contribution is -2.52. The number of hydrogen-bond acceptors (Lipinski definition) is 7. The molecule has 0 bridgehead atoms. The number of aryl methyl sites for hydroxylation is 1. The van der Waals surface area contributed by atoms with Gasteiger partial charge in [-0.3, -0.25) is 9.10 Å². The number of benzene rings is 3. The summed E-state index contributed by atoms with van der Waals surface area (Å²) in [6.45, 7) is 3.55. The van der Waals surface area contributed by atoms with Gasteiger partial charge in [-0.25, -0.2) is 8.42 Å². The van der Waals surface area contributed by atoms with E-state index >= 15 is 0 Å². The number of anilines is 2. The standard InChI is InChI=1S/C28H31Cl2N3O6S/c1-19-5-6-20(29)15-23(19)31-11-13-32(14-12-31)28(34)18-33(24-16-21(30)7-9-25(24)37-2)40(35,36)22-8-10-26(38-3)27(17-22)39-4/h5-10,15-17H,11-14,18H2,1-4H3. The van der Waals surface area contributed by atoms with Crippen molar-refractivity contribution in [1.82, 2.24) is 4.90 Å². The Labute approximate surface area is 244 Å². The van der Waals surface area contributed by atoms with Gasteiger partial charge in [0.25, 0.3) is 10.0 Å². The fourth-order valence-corrected chi connectivity index (χ4v) is 6.37. The number of methoxy groups -OCH3 is 3. The number of carbonyl (C=O) groups excluding carboxylic acids is 1. The van der Waals surface area contributed by atoms with E-state index in [1.165, 1.54) is 45.6 Å². The van der Waals surface area contributed by atoms with E-state index < -0.39 is 16.6 Å². The largest absolute Gasteiger partial charge is 0.495 e. The smallest absolute Gasteiger partial charge is 0.265 e. The normalized spacial score (nSPS) is 13.7. The van der Waals surface area contributed by atoms with Gasteiger partial charge in [0.05, 0.1) is 31.9 Å². The lowest BCUT2D eigenvalue weighted by atomic mass is 10.1. The van der Waals surface area contributed by atoms with Crippen molar-refractivity contribution in [3.8, 4) is 17.2 Å². The van der Waals surface area contributed by atoms with Crippen molar-refractivity contribution < 1.29 is 27.4 Å². The van der Waals surface area contributed by atoms with E-state index in [1.54, 1.807) is 17.0 Å². The van der Waals surface area contributed by atoms with Crippen LogP contribution >= 0.6 is 23.2 Å². The molecule has 1 saturated heterocycles. The van der Waals surface area contributed by atoms with Gasteiger partial charge in [0.2, 0.25) is 5.91 Å². The fourth-order valence-electron chi connectivity index (χ4n) is 4.60. The summed E-state index contributed by atoms with van der Waals surface area (Å²) in [5.41, 5.74) is 2.25. The van der Waals surface area contributed by atoms with Crippen molar-refractivity contribution >= 4 is 50.5 Å². The van der Waals surface area contributed by atoms with Gasteiger partial charge in [-0.2, -0.15) is 0 Å². The fraction of sp³-hybridized carbons (Fsp3) is 0.321. The monoisotopic (exact) mass is 607 g/mol. The number of carbonyl (C=O) groups is 1. The molecule has 1 amide bonds. The highest BCUT2D eigenvalue weighted by atomic mass is 35.5.